The van der Waals surface area contributed by atoms with Crippen molar-refractivity contribution in [3.8, 4) is 0 Å². The van der Waals surface area contributed by atoms with Crippen LogP contribution in [-0.4, -0.2) is 0 Å². The van der Waals surface area contributed by atoms with Crippen LogP contribution < -0.4 is 11.3 Å². The van der Waals surface area contributed by atoms with E-state index >= 15 is 0 Å². The lowest BCUT2D eigenvalue weighted by atomic mass is 9.99. The molecule has 0 aliphatic rings. The van der Waals surface area contributed by atoms with Crippen molar-refractivity contribution in [2.45, 2.75) is 12.5 Å². The standard InChI is InChI=1S/C14H13F3N2/c15-11-3-1-2-10(8-11)14(19-18)7-9-4-5-12(16)13(17)6-9/h1-6,8,14,19H,7,18H2. The van der Waals surface area contributed by atoms with Crippen LogP contribution in [0.4, 0.5) is 13.2 Å². The third-order valence-corrected chi connectivity index (χ3v) is 2.88. The van der Waals surface area contributed by atoms with Crippen LogP contribution in [-0.2, 0) is 6.42 Å². The maximum Gasteiger partial charge on any atom is 0.159 e. The van der Waals surface area contributed by atoms with Crippen LogP contribution in [0.15, 0.2) is 42.5 Å². The molecule has 0 saturated carbocycles. The minimum atomic E-state index is -0.910. The molecule has 0 bridgehead atoms. The summed E-state index contributed by atoms with van der Waals surface area (Å²) in [5.41, 5.74) is 3.77. The highest BCUT2D eigenvalue weighted by atomic mass is 19.2. The zero-order chi connectivity index (χ0) is 13.8. The van der Waals surface area contributed by atoms with Crippen molar-refractivity contribution in [2.75, 3.05) is 0 Å². The van der Waals surface area contributed by atoms with Crippen molar-refractivity contribution in [2.24, 2.45) is 5.84 Å². The average Bonchev–Trinajstić information content (AvgIpc) is 2.40. The van der Waals surface area contributed by atoms with Crippen molar-refractivity contribution in [3.05, 3.63) is 71.0 Å². The summed E-state index contributed by atoms with van der Waals surface area (Å²) in [6.07, 6.45) is 0.331. The van der Waals surface area contributed by atoms with E-state index in [-0.39, 0.29) is 11.9 Å². The van der Waals surface area contributed by atoms with Gasteiger partial charge in [-0.05, 0) is 41.8 Å². The van der Waals surface area contributed by atoms with Gasteiger partial charge in [-0.2, -0.15) is 0 Å². The minimum Gasteiger partial charge on any atom is -0.271 e. The fourth-order valence-corrected chi connectivity index (χ4v) is 1.90. The van der Waals surface area contributed by atoms with Crippen LogP contribution in [0, 0.1) is 17.5 Å². The molecule has 100 valence electrons. The Morgan fingerprint density at radius 2 is 1.79 bits per heavy atom. The van der Waals surface area contributed by atoms with Gasteiger partial charge in [-0.15, -0.1) is 0 Å². The molecule has 2 rings (SSSR count). The first-order valence-corrected chi connectivity index (χ1v) is 5.75. The first-order chi connectivity index (χ1) is 9.10. The zero-order valence-corrected chi connectivity index (χ0v) is 10.0. The molecule has 0 amide bonds. The Balaban J connectivity index is 2.21. The Morgan fingerprint density at radius 3 is 2.42 bits per heavy atom. The fourth-order valence-electron chi connectivity index (χ4n) is 1.90. The third kappa shape index (κ3) is 3.33. The number of halogens is 3. The maximum atomic E-state index is 13.1. The van der Waals surface area contributed by atoms with Gasteiger partial charge >= 0.3 is 0 Å². The van der Waals surface area contributed by atoms with Crippen LogP contribution in [0.3, 0.4) is 0 Å². The fraction of sp³-hybridized carbons (Fsp3) is 0.143. The van der Waals surface area contributed by atoms with Gasteiger partial charge < -0.3 is 0 Å². The van der Waals surface area contributed by atoms with Gasteiger partial charge in [-0.1, -0.05) is 18.2 Å². The van der Waals surface area contributed by atoms with Gasteiger partial charge in [0.25, 0.3) is 0 Å². The SMILES string of the molecule is NNC(Cc1ccc(F)c(F)c1)c1cccc(F)c1. The molecular weight excluding hydrogens is 253 g/mol. The average molecular weight is 266 g/mol. The second-order valence-electron chi connectivity index (χ2n) is 4.23. The second-order valence-corrected chi connectivity index (χ2v) is 4.23. The molecule has 0 aliphatic carbocycles. The lowest BCUT2D eigenvalue weighted by Gasteiger charge is -2.16. The van der Waals surface area contributed by atoms with Crippen molar-refractivity contribution >= 4 is 0 Å². The molecule has 1 unspecified atom stereocenters. The smallest absolute Gasteiger partial charge is 0.159 e. The molecule has 0 saturated heterocycles. The van der Waals surface area contributed by atoms with Crippen molar-refractivity contribution < 1.29 is 13.2 Å². The van der Waals surface area contributed by atoms with Crippen LogP contribution in [0.25, 0.3) is 0 Å². The predicted octanol–water partition coefficient (Wildman–Crippen LogP) is 2.85. The molecule has 0 heterocycles. The van der Waals surface area contributed by atoms with E-state index in [4.69, 9.17) is 5.84 Å². The molecule has 2 aromatic carbocycles. The number of nitrogens with one attached hydrogen (secondary N) is 1. The highest BCUT2D eigenvalue weighted by Gasteiger charge is 2.12. The summed E-state index contributed by atoms with van der Waals surface area (Å²) in [4.78, 5) is 0. The Labute approximate surface area is 109 Å². The topological polar surface area (TPSA) is 38.0 Å². The third-order valence-electron chi connectivity index (χ3n) is 2.88. The van der Waals surface area contributed by atoms with Crippen molar-refractivity contribution in [3.63, 3.8) is 0 Å². The van der Waals surface area contributed by atoms with E-state index in [9.17, 15) is 13.2 Å². The quantitative estimate of drug-likeness (QED) is 0.659. The van der Waals surface area contributed by atoms with Crippen LogP contribution in [0.1, 0.15) is 17.2 Å². The monoisotopic (exact) mass is 266 g/mol. The minimum absolute atomic E-state index is 0.331. The van der Waals surface area contributed by atoms with Gasteiger partial charge in [0.05, 0.1) is 6.04 Å². The summed E-state index contributed by atoms with van der Waals surface area (Å²) in [6.45, 7) is 0. The summed E-state index contributed by atoms with van der Waals surface area (Å²) < 4.78 is 39.1. The zero-order valence-electron chi connectivity index (χ0n) is 10.0. The second kappa shape index (κ2) is 5.86. The number of benzene rings is 2. The Bertz CT molecular complexity index is 572. The normalized spacial score (nSPS) is 12.4. The molecule has 0 radical (unpaired) electrons. The molecule has 5 heteroatoms. The van der Waals surface area contributed by atoms with Crippen LogP contribution in [0.2, 0.25) is 0 Å². The van der Waals surface area contributed by atoms with E-state index in [2.05, 4.69) is 5.43 Å². The Kier molecular flexibility index (Phi) is 4.19. The molecule has 0 spiro atoms. The van der Waals surface area contributed by atoms with Gasteiger partial charge in [0, 0.05) is 0 Å². The molecule has 0 aromatic heterocycles. The molecule has 19 heavy (non-hydrogen) atoms. The summed E-state index contributed by atoms with van der Waals surface area (Å²) >= 11 is 0. The maximum absolute atomic E-state index is 13.1. The Hall–Kier alpha value is -1.85. The lowest BCUT2D eigenvalue weighted by Crippen LogP contribution is -2.29. The van der Waals surface area contributed by atoms with Gasteiger partial charge in [0.2, 0.25) is 0 Å². The molecule has 3 N–H and O–H groups in total. The van der Waals surface area contributed by atoms with E-state index < -0.39 is 11.6 Å². The summed E-state index contributed by atoms with van der Waals surface area (Å²) in [6, 6.07) is 9.23. The number of rotatable bonds is 4. The lowest BCUT2D eigenvalue weighted by molar-refractivity contribution is 0.502. The first kappa shape index (κ1) is 13.6. The van der Waals surface area contributed by atoms with Gasteiger partial charge in [0.15, 0.2) is 11.6 Å². The molecule has 2 aromatic rings. The van der Waals surface area contributed by atoms with E-state index in [1.807, 2.05) is 0 Å². The number of hydrogen-bond acceptors (Lipinski definition) is 2. The van der Waals surface area contributed by atoms with Crippen LogP contribution >= 0.6 is 0 Å². The summed E-state index contributed by atoms with van der Waals surface area (Å²) in [5, 5.41) is 0. The first-order valence-electron chi connectivity index (χ1n) is 5.75. The van der Waals surface area contributed by atoms with Crippen molar-refractivity contribution in [1.29, 1.82) is 0 Å². The molecular formula is C14H13F3N2. The number of hydrogen-bond donors (Lipinski definition) is 2. The molecule has 0 fully saturated rings. The van der Waals surface area contributed by atoms with E-state index in [0.29, 0.717) is 17.5 Å². The number of nitrogens with two attached hydrogens (primary N) is 1. The highest BCUT2D eigenvalue weighted by Crippen LogP contribution is 2.19. The Morgan fingerprint density at radius 1 is 1.00 bits per heavy atom. The largest absolute Gasteiger partial charge is 0.271 e. The van der Waals surface area contributed by atoms with Gasteiger partial charge in [0.1, 0.15) is 5.82 Å². The van der Waals surface area contributed by atoms with Crippen LogP contribution in [0.5, 0.6) is 0 Å². The van der Waals surface area contributed by atoms with E-state index in [0.717, 1.165) is 12.1 Å². The molecule has 0 aliphatic heterocycles. The highest BCUT2D eigenvalue weighted by molar-refractivity contribution is 5.25. The van der Waals surface area contributed by atoms with Gasteiger partial charge in [-0.25, -0.2) is 13.2 Å². The predicted molar refractivity (Wildman–Crippen MR) is 66.5 cm³/mol. The summed E-state index contributed by atoms with van der Waals surface area (Å²) in [7, 11) is 0. The number of hydrazine groups is 1. The van der Waals surface area contributed by atoms with E-state index in [1.165, 1.54) is 18.2 Å². The van der Waals surface area contributed by atoms with Gasteiger partial charge in [-0.3, -0.25) is 11.3 Å². The van der Waals surface area contributed by atoms with Crippen molar-refractivity contribution in [1.82, 2.24) is 5.43 Å². The molecule has 2 nitrogen and oxygen atoms in total. The summed E-state index contributed by atoms with van der Waals surface area (Å²) in [5.74, 6) is 3.25. The molecule has 1 atom stereocenters. The van der Waals surface area contributed by atoms with E-state index in [1.54, 1.807) is 12.1 Å².